The van der Waals surface area contributed by atoms with E-state index in [9.17, 15) is 0 Å². The summed E-state index contributed by atoms with van der Waals surface area (Å²) in [5.74, 6) is 0.971. The van der Waals surface area contributed by atoms with Gasteiger partial charge in [0.1, 0.15) is 5.76 Å². The zero-order chi connectivity index (χ0) is 9.23. The number of aliphatic imine (C=N–C) groups is 1. The molecule has 0 heterocycles. The van der Waals surface area contributed by atoms with Gasteiger partial charge in [-0.05, 0) is 33.1 Å². The quantitative estimate of drug-likeness (QED) is 0.455. The van der Waals surface area contributed by atoms with E-state index in [0.717, 1.165) is 18.7 Å². The van der Waals surface area contributed by atoms with Gasteiger partial charge in [-0.2, -0.15) is 0 Å². The first-order valence-corrected chi connectivity index (χ1v) is 4.22. The molecule has 0 spiro atoms. The lowest BCUT2D eigenvalue weighted by Crippen LogP contribution is -1.89. The van der Waals surface area contributed by atoms with Crippen molar-refractivity contribution >= 4 is 6.21 Å². The van der Waals surface area contributed by atoms with Crippen LogP contribution in [-0.4, -0.2) is 12.8 Å². The molecule has 0 aliphatic carbocycles. The third kappa shape index (κ3) is 5.71. The molecule has 2 nitrogen and oxygen atoms in total. The Morgan fingerprint density at radius 2 is 2.08 bits per heavy atom. The number of hydrogen-bond acceptors (Lipinski definition) is 2. The molecule has 0 bridgehead atoms. The van der Waals surface area contributed by atoms with Gasteiger partial charge in [0.05, 0.1) is 6.26 Å². The van der Waals surface area contributed by atoms with E-state index in [4.69, 9.17) is 4.74 Å². The van der Waals surface area contributed by atoms with Crippen LogP contribution in [0.25, 0.3) is 0 Å². The van der Waals surface area contributed by atoms with Crippen molar-refractivity contribution in [3.63, 3.8) is 0 Å². The Balaban J connectivity index is 3.69. The van der Waals surface area contributed by atoms with Crippen LogP contribution in [0.2, 0.25) is 0 Å². The van der Waals surface area contributed by atoms with Crippen molar-refractivity contribution in [2.45, 2.75) is 27.2 Å². The molecule has 0 aromatic heterocycles. The molecule has 0 saturated carbocycles. The van der Waals surface area contributed by atoms with Crippen LogP contribution in [0.3, 0.4) is 0 Å². The van der Waals surface area contributed by atoms with Crippen LogP contribution in [0.15, 0.2) is 29.2 Å². The van der Waals surface area contributed by atoms with Crippen LogP contribution in [0.1, 0.15) is 27.2 Å². The highest BCUT2D eigenvalue weighted by molar-refractivity contribution is 5.53. The number of allylic oxidation sites excluding steroid dienone is 2. The van der Waals surface area contributed by atoms with Gasteiger partial charge in [-0.3, -0.25) is 4.99 Å². The predicted molar refractivity (Wildman–Crippen MR) is 53.3 cm³/mol. The first-order valence-electron chi connectivity index (χ1n) is 4.22. The average molecular weight is 167 g/mol. The zero-order valence-electron chi connectivity index (χ0n) is 8.08. The second kappa shape index (κ2) is 8.05. The molecule has 0 N–H and O–H groups in total. The highest BCUT2D eigenvalue weighted by atomic mass is 16.5. The molecular formula is C10H17NO. The molecule has 0 atom stereocenters. The van der Waals surface area contributed by atoms with Gasteiger partial charge >= 0.3 is 0 Å². The van der Waals surface area contributed by atoms with Crippen LogP contribution >= 0.6 is 0 Å². The fourth-order valence-electron chi connectivity index (χ4n) is 0.731. The lowest BCUT2D eigenvalue weighted by molar-refractivity contribution is 0.333. The lowest BCUT2D eigenvalue weighted by Gasteiger charge is -2.02. The van der Waals surface area contributed by atoms with Crippen LogP contribution in [0.5, 0.6) is 0 Å². The molecule has 0 amide bonds. The maximum Gasteiger partial charge on any atom is 0.101 e. The molecule has 0 aromatic carbocycles. The van der Waals surface area contributed by atoms with Crippen molar-refractivity contribution in [3.8, 4) is 0 Å². The minimum atomic E-state index is 0.799. The monoisotopic (exact) mass is 167 g/mol. The van der Waals surface area contributed by atoms with Crippen LogP contribution < -0.4 is 0 Å². The molecular weight excluding hydrogens is 150 g/mol. The summed E-state index contributed by atoms with van der Waals surface area (Å²) in [4.78, 5) is 4.10. The Hall–Kier alpha value is -1.05. The first kappa shape index (κ1) is 11.0. The summed E-state index contributed by atoms with van der Waals surface area (Å²) in [6.07, 6.45) is 8.19. The van der Waals surface area contributed by atoms with Gasteiger partial charge in [0.15, 0.2) is 0 Å². The Morgan fingerprint density at radius 3 is 2.58 bits per heavy atom. The first-order chi connectivity index (χ1) is 5.85. The fourth-order valence-corrected chi connectivity index (χ4v) is 0.731. The van der Waals surface area contributed by atoms with Gasteiger partial charge in [0.2, 0.25) is 0 Å². The zero-order valence-corrected chi connectivity index (χ0v) is 8.08. The van der Waals surface area contributed by atoms with Crippen molar-refractivity contribution in [2.24, 2.45) is 4.99 Å². The Morgan fingerprint density at radius 1 is 1.33 bits per heavy atom. The fraction of sp³-hybridized carbons (Fsp3) is 0.500. The molecule has 0 unspecified atom stereocenters. The number of ether oxygens (including phenoxy) is 1. The van der Waals surface area contributed by atoms with Gasteiger partial charge in [0, 0.05) is 13.0 Å². The van der Waals surface area contributed by atoms with E-state index in [0.29, 0.717) is 0 Å². The maximum atomic E-state index is 5.29. The van der Waals surface area contributed by atoms with Crippen molar-refractivity contribution in [1.29, 1.82) is 0 Å². The van der Waals surface area contributed by atoms with E-state index in [1.165, 1.54) is 0 Å². The topological polar surface area (TPSA) is 21.6 Å². The lowest BCUT2D eigenvalue weighted by atomic mass is 10.3. The summed E-state index contributed by atoms with van der Waals surface area (Å²) in [5, 5.41) is 0. The molecule has 0 fully saturated rings. The number of nitrogens with zero attached hydrogens (tertiary/aromatic N) is 1. The molecule has 0 rings (SSSR count). The summed E-state index contributed by atoms with van der Waals surface area (Å²) in [6.45, 7) is 6.61. The van der Waals surface area contributed by atoms with E-state index < -0.39 is 0 Å². The Kier molecular flexibility index (Phi) is 7.35. The minimum Gasteiger partial charge on any atom is -0.470 e. The molecule has 2 heteroatoms. The normalized spacial score (nSPS) is 13.1. The third-order valence-electron chi connectivity index (χ3n) is 1.35. The molecule has 0 aliphatic heterocycles. The summed E-state index contributed by atoms with van der Waals surface area (Å²) in [7, 11) is 0. The average Bonchev–Trinajstić information content (AvgIpc) is 2.11. The van der Waals surface area contributed by atoms with Crippen LogP contribution in [-0.2, 0) is 4.74 Å². The summed E-state index contributed by atoms with van der Waals surface area (Å²) < 4.78 is 5.29. The standard InChI is InChI=1S/C10H17NO/c1-4-9-12-10(5-2)7-8-11-6-3/h4-6,9H,7-8H2,1-3H3/b9-4+,10-5+,11-6?. The van der Waals surface area contributed by atoms with Crippen LogP contribution in [0.4, 0.5) is 0 Å². The Bertz CT molecular complexity index is 180. The van der Waals surface area contributed by atoms with Crippen molar-refractivity contribution < 1.29 is 4.74 Å². The van der Waals surface area contributed by atoms with Crippen molar-refractivity contribution in [2.75, 3.05) is 6.54 Å². The molecule has 0 aliphatic rings. The van der Waals surface area contributed by atoms with Gasteiger partial charge in [0.25, 0.3) is 0 Å². The SMILES string of the molecule is CC=NCC/C(=C\C)O/C=C/C. The smallest absolute Gasteiger partial charge is 0.101 e. The highest BCUT2D eigenvalue weighted by Gasteiger charge is 1.92. The predicted octanol–water partition coefficient (Wildman–Crippen LogP) is 2.92. The summed E-state index contributed by atoms with van der Waals surface area (Å²) in [5.41, 5.74) is 0. The highest BCUT2D eigenvalue weighted by Crippen LogP contribution is 2.03. The largest absolute Gasteiger partial charge is 0.470 e. The van der Waals surface area contributed by atoms with Gasteiger partial charge in [-0.25, -0.2) is 0 Å². The van der Waals surface area contributed by atoms with E-state index in [1.807, 2.05) is 39.1 Å². The molecule has 0 aromatic rings. The minimum absolute atomic E-state index is 0.799. The number of hydrogen-bond donors (Lipinski definition) is 0. The summed E-state index contributed by atoms with van der Waals surface area (Å²) >= 11 is 0. The second-order valence-corrected chi connectivity index (χ2v) is 2.26. The third-order valence-corrected chi connectivity index (χ3v) is 1.35. The maximum absolute atomic E-state index is 5.29. The molecule has 0 saturated heterocycles. The molecule has 0 radical (unpaired) electrons. The van der Waals surface area contributed by atoms with Gasteiger partial charge in [-0.1, -0.05) is 6.08 Å². The van der Waals surface area contributed by atoms with Gasteiger partial charge in [-0.15, -0.1) is 0 Å². The summed E-state index contributed by atoms with van der Waals surface area (Å²) in [6, 6.07) is 0. The number of rotatable bonds is 5. The van der Waals surface area contributed by atoms with E-state index in [2.05, 4.69) is 4.99 Å². The molecule has 68 valence electrons. The van der Waals surface area contributed by atoms with E-state index in [1.54, 1.807) is 6.26 Å². The van der Waals surface area contributed by atoms with Crippen LogP contribution in [0, 0.1) is 0 Å². The van der Waals surface area contributed by atoms with Crippen molar-refractivity contribution in [3.05, 3.63) is 24.2 Å². The Labute approximate surface area is 74.7 Å². The van der Waals surface area contributed by atoms with E-state index >= 15 is 0 Å². The second-order valence-electron chi connectivity index (χ2n) is 2.26. The van der Waals surface area contributed by atoms with Gasteiger partial charge < -0.3 is 4.74 Å². The van der Waals surface area contributed by atoms with Crippen molar-refractivity contribution in [1.82, 2.24) is 0 Å². The molecule has 12 heavy (non-hydrogen) atoms. The van der Waals surface area contributed by atoms with E-state index in [-0.39, 0.29) is 0 Å².